The zero-order valence-electron chi connectivity index (χ0n) is 29.6. The standard InChI is InChI=1S/C47H35NO4S/c1-4-48(5-2)38-18-19-39-28(3)45(47(50)52-42(39)27-38)30-12-10-29(11-13-30)33-14-15-35-23-36(17-16-34(35)22-33)43-20-21-44(53-43)40-25-37-24-31-8-6-7-9-32(31)26-41(37)51-46(40)49/h6-27H,4-5H2,1-3H3. The molecule has 0 atom stereocenters. The van der Waals surface area contributed by atoms with Crippen LogP contribution in [-0.2, 0) is 0 Å². The number of anilines is 1. The number of hydrogen-bond donors (Lipinski definition) is 0. The summed E-state index contributed by atoms with van der Waals surface area (Å²) < 4.78 is 11.6. The van der Waals surface area contributed by atoms with Crippen LogP contribution in [0.1, 0.15) is 19.4 Å². The molecular formula is C47H35NO4S. The van der Waals surface area contributed by atoms with Gasteiger partial charge in [0.2, 0.25) is 0 Å². The van der Waals surface area contributed by atoms with Crippen molar-refractivity contribution in [3.05, 3.63) is 160 Å². The van der Waals surface area contributed by atoms with Gasteiger partial charge in [0.1, 0.15) is 11.2 Å². The summed E-state index contributed by atoms with van der Waals surface area (Å²) in [5.41, 5.74) is 7.78. The van der Waals surface area contributed by atoms with Gasteiger partial charge in [-0.15, -0.1) is 11.3 Å². The van der Waals surface area contributed by atoms with Crippen LogP contribution in [0.15, 0.2) is 152 Å². The predicted octanol–water partition coefficient (Wildman–Crippen LogP) is 12.1. The summed E-state index contributed by atoms with van der Waals surface area (Å²) in [7, 11) is 0. The molecule has 0 bridgehead atoms. The highest BCUT2D eigenvalue weighted by atomic mass is 32.1. The second-order valence-corrected chi connectivity index (χ2v) is 14.5. The van der Waals surface area contributed by atoms with Crippen LogP contribution >= 0.6 is 11.3 Å². The highest BCUT2D eigenvalue weighted by Crippen LogP contribution is 2.37. The van der Waals surface area contributed by atoms with E-state index in [1.165, 1.54) is 0 Å². The predicted molar refractivity (Wildman–Crippen MR) is 221 cm³/mol. The van der Waals surface area contributed by atoms with E-state index >= 15 is 0 Å². The first-order valence-corrected chi connectivity index (χ1v) is 18.7. The third kappa shape index (κ3) is 5.81. The largest absolute Gasteiger partial charge is 0.422 e. The van der Waals surface area contributed by atoms with Crippen LogP contribution in [0, 0.1) is 6.92 Å². The van der Waals surface area contributed by atoms with Crippen molar-refractivity contribution in [1.82, 2.24) is 0 Å². The molecule has 0 aliphatic carbocycles. The third-order valence-electron chi connectivity index (χ3n) is 10.4. The van der Waals surface area contributed by atoms with Gasteiger partial charge in [0.15, 0.2) is 0 Å². The third-order valence-corrected chi connectivity index (χ3v) is 11.6. The molecule has 0 saturated carbocycles. The van der Waals surface area contributed by atoms with Crippen molar-refractivity contribution in [2.24, 2.45) is 0 Å². The summed E-state index contributed by atoms with van der Waals surface area (Å²) in [6.07, 6.45) is 0. The molecule has 258 valence electrons. The van der Waals surface area contributed by atoms with Gasteiger partial charge in [0.05, 0.1) is 11.1 Å². The minimum atomic E-state index is -0.333. The van der Waals surface area contributed by atoms with Gasteiger partial charge in [-0.3, -0.25) is 0 Å². The van der Waals surface area contributed by atoms with E-state index in [1.807, 2.05) is 61.5 Å². The molecule has 9 aromatic rings. The van der Waals surface area contributed by atoms with Crippen molar-refractivity contribution in [2.45, 2.75) is 20.8 Å². The topological polar surface area (TPSA) is 63.7 Å². The van der Waals surface area contributed by atoms with Crippen molar-refractivity contribution >= 4 is 60.5 Å². The fraction of sp³-hybridized carbons (Fsp3) is 0.106. The van der Waals surface area contributed by atoms with Crippen LogP contribution in [0.2, 0.25) is 0 Å². The lowest BCUT2D eigenvalue weighted by Crippen LogP contribution is -2.21. The molecule has 3 heterocycles. The van der Waals surface area contributed by atoms with Gasteiger partial charge in [0, 0.05) is 45.4 Å². The van der Waals surface area contributed by atoms with Crippen LogP contribution < -0.4 is 16.2 Å². The highest BCUT2D eigenvalue weighted by Gasteiger charge is 2.16. The second-order valence-electron chi connectivity index (χ2n) is 13.4. The molecule has 3 aromatic heterocycles. The summed E-state index contributed by atoms with van der Waals surface area (Å²) in [6.45, 7) is 8.01. The van der Waals surface area contributed by atoms with E-state index < -0.39 is 0 Å². The Hall–Kier alpha value is -6.24. The Morgan fingerprint density at radius 2 is 1.15 bits per heavy atom. The van der Waals surface area contributed by atoms with Crippen molar-refractivity contribution in [1.29, 1.82) is 0 Å². The minimum absolute atomic E-state index is 0.326. The zero-order valence-corrected chi connectivity index (χ0v) is 30.4. The fourth-order valence-electron chi connectivity index (χ4n) is 7.49. The molecule has 9 rings (SSSR count). The van der Waals surface area contributed by atoms with Crippen LogP contribution in [-0.4, -0.2) is 13.1 Å². The molecule has 0 fully saturated rings. The number of benzene rings is 6. The number of fused-ring (bicyclic) bond motifs is 4. The summed E-state index contributed by atoms with van der Waals surface area (Å²) in [6, 6.07) is 45.3. The van der Waals surface area contributed by atoms with Gasteiger partial charge >= 0.3 is 11.3 Å². The Balaban J connectivity index is 0.979. The number of aryl methyl sites for hydroxylation is 1. The molecule has 0 unspecified atom stereocenters. The molecule has 6 heteroatoms. The zero-order chi connectivity index (χ0) is 36.2. The quantitative estimate of drug-likeness (QED) is 0.122. The first-order chi connectivity index (χ1) is 25.9. The van der Waals surface area contributed by atoms with Crippen LogP contribution in [0.5, 0.6) is 0 Å². The van der Waals surface area contributed by atoms with Crippen molar-refractivity contribution in [3.8, 4) is 43.1 Å². The SMILES string of the molecule is CCN(CC)c1ccc2c(C)c(-c3ccc(-c4ccc5cc(-c6ccc(-c7cc8cc9ccccc9cc8oc7=O)s6)ccc5c4)cc3)c(=O)oc2c1. The van der Waals surface area contributed by atoms with Crippen LogP contribution in [0.25, 0.3) is 86.6 Å². The average molecular weight is 710 g/mol. The van der Waals surface area contributed by atoms with E-state index in [2.05, 4.69) is 97.6 Å². The Labute approximate surface area is 310 Å². The maximum atomic E-state index is 13.3. The Morgan fingerprint density at radius 1 is 0.528 bits per heavy atom. The summed E-state index contributed by atoms with van der Waals surface area (Å²) in [5.74, 6) is 0. The van der Waals surface area contributed by atoms with Crippen LogP contribution in [0.3, 0.4) is 0 Å². The maximum Gasteiger partial charge on any atom is 0.345 e. The average Bonchev–Trinajstić information content (AvgIpc) is 3.67. The Bertz CT molecular complexity index is 2980. The maximum absolute atomic E-state index is 13.3. The molecule has 53 heavy (non-hydrogen) atoms. The van der Waals surface area contributed by atoms with Gasteiger partial charge in [-0.1, -0.05) is 72.8 Å². The van der Waals surface area contributed by atoms with Gasteiger partial charge in [0.25, 0.3) is 0 Å². The van der Waals surface area contributed by atoms with Gasteiger partial charge < -0.3 is 13.7 Å². The van der Waals surface area contributed by atoms with Crippen molar-refractivity contribution in [3.63, 3.8) is 0 Å². The van der Waals surface area contributed by atoms with Gasteiger partial charge in [-0.25, -0.2) is 9.59 Å². The minimum Gasteiger partial charge on any atom is -0.422 e. The Morgan fingerprint density at radius 3 is 1.91 bits per heavy atom. The van der Waals surface area contributed by atoms with Gasteiger partial charge in [-0.2, -0.15) is 0 Å². The van der Waals surface area contributed by atoms with E-state index in [0.29, 0.717) is 22.3 Å². The highest BCUT2D eigenvalue weighted by molar-refractivity contribution is 7.18. The molecule has 0 aliphatic rings. The number of nitrogens with zero attached hydrogens (tertiary/aromatic N) is 1. The molecule has 0 amide bonds. The molecule has 5 nitrogen and oxygen atoms in total. The van der Waals surface area contributed by atoms with Crippen molar-refractivity contribution in [2.75, 3.05) is 18.0 Å². The van der Waals surface area contributed by atoms with Gasteiger partial charge in [-0.05, 0) is 125 Å². The number of rotatable bonds is 7. The lowest BCUT2D eigenvalue weighted by Gasteiger charge is -2.21. The van der Waals surface area contributed by atoms with E-state index in [1.54, 1.807) is 11.3 Å². The van der Waals surface area contributed by atoms with E-state index in [-0.39, 0.29) is 11.3 Å². The number of thiophene rings is 1. The summed E-state index contributed by atoms with van der Waals surface area (Å²) >= 11 is 1.59. The first-order valence-electron chi connectivity index (χ1n) is 17.9. The van der Waals surface area contributed by atoms with Crippen molar-refractivity contribution < 1.29 is 8.83 Å². The smallest absolute Gasteiger partial charge is 0.345 e. The molecular weight excluding hydrogens is 675 g/mol. The normalized spacial score (nSPS) is 11.6. The molecule has 6 aromatic carbocycles. The lowest BCUT2D eigenvalue weighted by atomic mass is 9.96. The van der Waals surface area contributed by atoms with E-state index in [9.17, 15) is 9.59 Å². The molecule has 0 saturated heterocycles. The number of hydrogen-bond acceptors (Lipinski definition) is 6. The summed E-state index contributed by atoms with van der Waals surface area (Å²) in [4.78, 5) is 30.6. The first kappa shape index (κ1) is 32.7. The lowest BCUT2D eigenvalue weighted by molar-refractivity contribution is 0.562. The molecule has 0 radical (unpaired) electrons. The second kappa shape index (κ2) is 13.1. The Kier molecular flexibility index (Phi) is 8.05. The van der Waals surface area contributed by atoms with Crippen LogP contribution in [0.4, 0.5) is 5.69 Å². The summed E-state index contributed by atoms with van der Waals surface area (Å²) in [5, 5.41) is 6.26. The fourth-order valence-corrected chi connectivity index (χ4v) is 8.49. The monoisotopic (exact) mass is 709 g/mol. The molecule has 0 N–H and O–H groups in total. The molecule has 0 spiro atoms. The van der Waals surface area contributed by atoms with E-state index in [0.717, 1.165) is 88.7 Å². The van der Waals surface area contributed by atoms with E-state index in [4.69, 9.17) is 8.83 Å². The molecule has 0 aliphatic heterocycles.